The number of aromatic nitrogens is 2. The summed E-state index contributed by atoms with van der Waals surface area (Å²) < 4.78 is 28.3. The van der Waals surface area contributed by atoms with Gasteiger partial charge in [0.2, 0.25) is 10.0 Å². The van der Waals surface area contributed by atoms with E-state index in [0.717, 1.165) is 53.8 Å². The van der Waals surface area contributed by atoms with Gasteiger partial charge in [-0.2, -0.15) is 0 Å². The second kappa shape index (κ2) is 7.07. The Hall–Kier alpha value is -2.22. The van der Waals surface area contributed by atoms with E-state index in [1.54, 1.807) is 18.3 Å². The first-order valence-corrected chi connectivity index (χ1v) is 10.7. The molecule has 0 atom stereocenters. The van der Waals surface area contributed by atoms with E-state index in [0.29, 0.717) is 4.90 Å². The quantitative estimate of drug-likeness (QED) is 0.725. The van der Waals surface area contributed by atoms with Gasteiger partial charge in [-0.1, -0.05) is 12.1 Å². The topological polar surface area (TPSA) is 78.1 Å². The number of benzene rings is 1. The van der Waals surface area contributed by atoms with Crippen molar-refractivity contribution in [3.8, 4) is 11.1 Å². The molecule has 1 saturated heterocycles. The van der Waals surface area contributed by atoms with E-state index in [-0.39, 0.29) is 6.04 Å². The lowest BCUT2D eigenvalue weighted by Crippen LogP contribution is -2.43. The van der Waals surface area contributed by atoms with Crippen LogP contribution in [0.4, 0.5) is 0 Å². The molecule has 3 heterocycles. The van der Waals surface area contributed by atoms with Crippen LogP contribution in [0.2, 0.25) is 0 Å². The molecule has 0 amide bonds. The van der Waals surface area contributed by atoms with E-state index in [4.69, 9.17) is 0 Å². The van der Waals surface area contributed by atoms with Gasteiger partial charge in [-0.15, -0.1) is 0 Å². The van der Waals surface area contributed by atoms with E-state index >= 15 is 0 Å². The highest BCUT2D eigenvalue weighted by Gasteiger charge is 2.23. The zero-order chi connectivity index (χ0) is 19.0. The number of rotatable bonds is 4. The summed E-state index contributed by atoms with van der Waals surface area (Å²) in [4.78, 5) is 10.1. The Labute approximate surface area is 159 Å². The highest BCUT2D eigenvalue weighted by atomic mass is 32.2. The third kappa shape index (κ3) is 3.76. The van der Waals surface area contributed by atoms with Crippen LogP contribution in [0.3, 0.4) is 0 Å². The minimum atomic E-state index is -3.50. The van der Waals surface area contributed by atoms with Gasteiger partial charge in [0.25, 0.3) is 0 Å². The molecule has 3 aromatic rings. The van der Waals surface area contributed by atoms with Gasteiger partial charge in [-0.25, -0.2) is 18.1 Å². The molecule has 1 fully saturated rings. The second-order valence-corrected chi connectivity index (χ2v) is 9.01. The monoisotopic (exact) mass is 384 g/mol. The Balaban J connectivity index is 1.58. The Morgan fingerprint density at radius 1 is 1.15 bits per heavy atom. The lowest BCUT2D eigenvalue weighted by molar-refractivity contribution is 0.248. The maximum Gasteiger partial charge on any atom is 0.240 e. The molecule has 0 unspecified atom stereocenters. The van der Waals surface area contributed by atoms with Gasteiger partial charge in [0.05, 0.1) is 4.90 Å². The number of piperidine rings is 1. The first kappa shape index (κ1) is 18.2. The van der Waals surface area contributed by atoms with Gasteiger partial charge in [0, 0.05) is 23.3 Å². The minimum Gasteiger partial charge on any atom is -0.344 e. The summed E-state index contributed by atoms with van der Waals surface area (Å²) in [6, 6.07) is 11.1. The molecule has 7 heteroatoms. The highest BCUT2D eigenvalue weighted by molar-refractivity contribution is 7.89. The molecule has 0 aliphatic carbocycles. The average molecular weight is 385 g/mol. The molecule has 1 aromatic carbocycles. The predicted octanol–water partition coefficient (Wildman–Crippen LogP) is 2.91. The van der Waals surface area contributed by atoms with Gasteiger partial charge in [-0.3, -0.25) is 0 Å². The summed E-state index contributed by atoms with van der Waals surface area (Å²) in [7, 11) is -1.44. The van der Waals surface area contributed by atoms with Crippen molar-refractivity contribution in [1.29, 1.82) is 0 Å². The van der Waals surface area contributed by atoms with Crippen LogP contribution in [0.5, 0.6) is 0 Å². The van der Waals surface area contributed by atoms with Crippen molar-refractivity contribution in [2.45, 2.75) is 30.7 Å². The standard InChI is InChI=1S/C20H24N4O2S/c1-14-13-19-18(7-10-21-20(19)22-14)15-3-5-17(6-4-15)27(25,26)23-16-8-11-24(2)12-9-16/h3-7,10,13,16,23H,8-9,11-12H2,1-2H3,(H,21,22). The summed E-state index contributed by atoms with van der Waals surface area (Å²) in [5.74, 6) is 0. The number of fused-ring (bicyclic) bond motifs is 1. The average Bonchev–Trinajstić information content (AvgIpc) is 3.04. The van der Waals surface area contributed by atoms with Crippen LogP contribution in [0, 0.1) is 6.92 Å². The zero-order valence-corrected chi connectivity index (χ0v) is 16.4. The Kier molecular flexibility index (Phi) is 4.75. The van der Waals surface area contributed by atoms with Crippen LogP contribution < -0.4 is 4.72 Å². The lowest BCUT2D eigenvalue weighted by atomic mass is 10.0. The molecule has 1 aliphatic rings. The van der Waals surface area contributed by atoms with Crippen LogP contribution in [0.15, 0.2) is 47.5 Å². The SMILES string of the molecule is Cc1cc2c(-c3ccc(S(=O)(=O)NC4CCN(C)CC4)cc3)ccnc2[nH]1. The van der Waals surface area contributed by atoms with E-state index in [1.165, 1.54) is 0 Å². The van der Waals surface area contributed by atoms with Crippen molar-refractivity contribution >= 4 is 21.1 Å². The van der Waals surface area contributed by atoms with Gasteiger partial charge >= 0.3 is 0 Å². The van der Waals surface area contributed by atoms with Crippen LogP contribution >= 0.6 is 0 Å². The predicted molar refractivity (Wildman–Crippen MR) is 107 cm³/mol. The van der Waals surface area contributed by atoms with Gasteiger partial charge in [0.1, 0.15) is 5.65 Å². The number of H-pyrrole nitrogens is 1. The molecule has 0 spiro atoms. The van der Waals surface area contributed by atoms with Crippen molar-refractivity contribution in [3.63, 3.8) is 0 Å². The van der Waals surface area contributed by atoms with Gasteiger partial charge < -0.3 is 9.88 Å². The summed E-state index contributed by atoms with van der Waals surface area (Å²) in [5.41, 5.74) is 3.90. The summed E-state index contributed by atoms with van der Waals surface area (Å²) in [6.45, 7) is 3.83. The van der Waals surface area contributed by atoms with Gasteiger partial charge in [0.15, 0.2) is 0 Å². The largest absolute Gasteiger partial charge is 0.344 e. The lowest BCUT2D eigenvalue weighted by Gasteiger charge is -2.29. The Bertz CT molecular complexity index is 1050. The number of hydrogen-bond donors (Lipinski definition) is 2. The third-order valence-corrected chi connectivity index (χ3v) is 6.72. The normalized spacial score (nSPS) is 16.8. The van der Waals surface area contributed by atoms with Crippen molar-refractivity contribution in [3.05, 3.63) is 48.3 Å². The van der Waals surface area contributed by atoms with Crippen LogP contribution in [0.1, 0.15) is 18.5 Å². The van der Waals surface area contributed by atoms with Crippen molar-refractivity contribution in [2.75, 3.05) is 20.1 Å². The minimum absolute atomic E-state index is 0.00790. The van der Waals surface area contributed by atoms with E-state index in [2.05, 4.69) is 32.7 Å². The fourth-order valence-electron chi connectivity index (χ4n) is 3.64. The van der Waals surface area contributed by atoms with Crippen LogP contribution in [-0.2, 0) is 10.0 Å². The van der Waals surface area contributed by atoms with Crippen LogP contribution in [0.25, 0.3) is 22.2 Å². The molecular weight excluding hydrogens is 360 g/mol. The first-order valence-electron chi connectivity index (χ1n) is 9.18. The molecule has 0 saturated carbocycles. The number of aryl methyl sites for hydroxylation is 1. The van der Waals surface area contributed by atoms with E-state index in [9.17, 15) is 8.42 Å². The number of aromatic amines is 1. The maximum absolute atomic E-state index is 12.7. The molecule has 6 nitrogen and oxygen atoms in total. The van der Waals surface area contributed by atoms with Crippen molar-refractivity contribution in [1.82, 2.24) is 19.6 Å². The summed E-state index contributed by atoms with van der Waals surface area (Å²) in [6.07, 6.45) is 3.45. The van der Waals surface area contributed by atoms with Crippen LogP contribution in [-0.4, -0.2) is 49.5 Å². The number of nitrogens with one attached hydrogen (secondary N) is 2. The van der Waals surface area contributed by atoms with Crippen molar-refractivity contribution < 1.29 is 8.42 Å². The molecule has 142 valence electrons. The molecular formula is C20H24N4O2S. The van der Waals surface area contributed by atoms with Gasteiger partial charge in [-0.05, 0) is 75.3 Å². The fourth-order valence-corrected chi connectivity index (χ4v) is 4.94. The Morgan fingerprint density at radius 3 is 2.56 bits per heavy atom. The molecule has 0 bridgehead atoms. The molecule has 4 rings (SSSR count). The molecule has 2 aromatic heterocycles. The summed E-state index contributed by atoms with van der Waals surface area (Å²) in [5, 5.41) is 1.04. The third-order valence-electron chi connectivity index (χ3n) is 5.18. The van der Waals surface area contributed by atoms with Crippen molar-refractivity contribution in [2.24, 2.45) is 0 Å². The summed E-state index contributed by atoms with van der Waals surface area (Å²) >= 11 is 0. The highest BCUT2D eigenvalue weighted by Crippen LogP contribution is 2.29. The molecule has 0 radical (unpaired) electrons. The number of hydrogen-bond acceptors (Lipinski definition) is 4. The first-order chi connectivity index (χ1) is 12.9. The zero-order valence-electron chi connectivity index (χ0n) is 15.6. The molecule has 1 aliphatic heterocycles. The number of nitrogens with zero attached hydrogens (tertiary/aromatic N) is 2. The number of likely N-dealkylation sites (tertiary alicyclic amines) is 1. The fraction of sp³-hybridized carbons (Fsp3) is 0.350. The Morgan fingerprint density at radius 2 is 1.85 bits per heavy atom. The molecule has 2 N–H and O–H groups in total. The number of pyridine rings is 1. The number of sulfonamides is 1. The molecule has 27 heavy (non-hydrogen) atoms. The van der Waals surface area contributed by atoms with E-state index < -0.39 is 10.0 Å². The van der Waals surface area contributed by atoms with E-state index in [1.807, 2.05) is 25.1 Å². The smallest absolute Gasteiger partial charge is 0.240 e. The maximum atomic E-state index is 12.7. The second-order valence-electron chi connectivity index (χ2n) is 7.30.